The van der Waals surface area contributed by atoms with E-state index in [9.17, 15) is 14.7 Å². The minimum absolute atomic E-state index is 0.0828. The van der Waals surface area contributed by atoms with Gasteiger partial charge in [0.25, 0.3) is 11.8 Å². The van der Waals surface area contributed by atoms with Crippen molar-refractivity contribution in [3.05, 3.63) is 47.6 Å². The highest BCUT2D eigenvalue weighted by Gasteiger charge is 2.50. The van der Waals surface area contributed by atoms with Gasteiger partial charge in [-0.3, -0.25) is 14.5 Å². The number of allylic oxidation sites excluding steroid dienone is 4. The van der Waals surface area contributed by atoms with Crippen LogP contribution in [0.25, 0.3) is 0 Å². The Morgan fingerprint density at radius 3 is 2.24 bits per heavy atom. The highest BCUT2D eigenvalue weighted by Crippen LogP contribution is 2.60. The van der Waals surface area contributed by atoms with E-state index in [4.69, 9.17) is 4.74 Å². The van der Waals surface area contributed by atoms with Gasteiger partial charge in [0, 0.05) is 18.7 Å². The molecule has 0 unspecified atom stereocenters. The molecule has 4 aliphatic rings. The van der Waals surface area contributed by atoms with Crippen LogP contribution in [-0.2, 0) is 14.3 Å². The Kier molecular flexibility index (Phi) is 13.0. The second-order valence-electron chi connectivity index (χ2n) is 17.9. The molecular weight excluding hydrogens is 570 g/mol. The minimum Gasteiger partial charge on any atom is -0.390 e. The largest absolute Gasteiger partial charge is 0.390 e. The van der Waals surface area contributed by atoms with Gasteiger partial charge in [0.15, 0.2) is 0 Å². The van der Waals surface area contributed by atoms with Crippen molar-refractivity contribution in [2.75, 3.05) is 6.54 Å². The van der Waals surface area contributed by atoms with Gasteiger partial charge in [-0.05, 0) is 133 Å². The maximum atomic E-state index is 11.1. The number of fused-ring (bicyclic) bond motifs is 1. The Bertz CT molecular complexity index is 1150. The van der Waals surface area contributed by atoms with Gasteiger partial charge in [-0.2, -0.15) is 0 Å². The quantitative estimate of drug-likeness (QED) is 0.256. The van der Waals surface area contributed by atoms with Gasteiger partial charge >= 0.3 is 0 Å². The lowest BCUT2D eigenvalue weighted by Crippen LogP contribution is -2.36. The number of imide groups is 1. The first-order valence-electron chi connectivity index (χ1n) is 18.2. The summed E-state index contributed by atoms with van der Waals surface area (Å²) >= 11 is 0. The maximum Gasteiger partial charge on any atom is 0.253 e. The number of hydrogen-bond donors (Lipinski definition) is 1. The van der Waals surface area contributed by atoms with Crippen molar-refractivity contribution in [3.8, 4) is 0 Å². The fraction of sp³-hybridized carbons (Fsp3) is 0.756. The molecular formula is C41H67NO4. The lowest BCUT2D eigenvalue weighted by atomic mass is 9.60. The summed E-state index contributed by atoms with van der Waals surface area (Å²) in [6, 6.07) is 0. The molecule has 3 saturated carbocycles. The van der Waals surface area contributed by atoms with Gasteiger partial charge in [-0.25, -0.2) is 0 Å². The van der Waals surface area contributed by atoms with Gasteiger partial charge in [-0.15, -0.1) is 0 Å². The third-order valence-electron chi connectivity index (χ3n) is 10.8. The van der Waals surface area contributed by atoms with Crippen molar-refractivity contribution in [1.29, 1.82) is 0 Å². The molecule has 46 heavy (non-hydrogen) atoms. The van der Waals surface area contributed by atoms with Crippen molar-refractivity contribution >= 4 is 11.8 Å². The molecule has 5 heteroatoms. The number of ether oxygens (including phenoxy) is 1. The molecule has 0 saturated heterocycles. The average molecular weight is 638 g/mol. The summed E-state index contributed by atoms with van der Waals surface area (Å²) in [5.74, 6) is 1.93. The van der Waals surface area contributed by atoms with E-state index >= 15 is 0 Å². The summed E-state index contributed by atoms with van der Waals surface area (Å²) in [6.07, 6.45) is 21.8. The van der Waals surface area contributed by atoms with Crippen LogP contribution in [-0.4, -0.2) is 45.7 Å². The molecule has 1 N–H and O–H groups in total. The lowest BCUT2D eigenvalue weighted by molar-refractivity contribution is -0.137. The van der Waals surface area contributed by atoms with Crippen LogP contribution in [0, 0.1) is 28.6 Å². The van der Waals surface area contributed by atoms with E-state index < -0.39 is 5.60 Å². The molecule has 0 aromatic heterocycles. The molecule has 3 aliphatic carbocycles. The van der Waals surface area contributed by atoms with Crippen LogP contribution in [0.15, 0.2) is 47.6 Å². The number of hydrogen-bond acceptors (Lipinski definition) is 4. The molecule has 0 bridgehead atoms. The smallest absolute Gasteiger partial charge is 0.253 e. The van der Waals surface area contributed by atoms with E-state index in [1.165, 1.54) is 66.7 Å². The van der Waals surface area contributed by atoms with Crippen molar-refractivity contribution in [2.24, 2.45) is 28.6 Å². The van der Waals surface area contributed by atoms with E-state index in [0.717, 1.165) is 56.3 Å². The number of amides is 2. The Balaban J connectivity index is 0.000000370. The summed E-state index contributed by atoms with van der Waals surface area (Å²) < 4.78 is 6.31. The lowest BCUT2D eigenvalue weighted by Gasteiger charge is -2.44. The Morgan fingerprint density at radius 1 is 1.00 bits per heavy atom. The van der Waals surface area contributed by atoms with Crippen LogP contribution in [0.1, 0.15) is 146 Å². The predicted molar refractivity (Wildman–Crippen MR) is 191 cm³/mol. The number of nitrogens with zero attached hydrogens (tertiary/aromatic N) is 1. The molecule has 0 spiro atoms. The normalized spacial score (nSPS) is 29.8. The summed E-state index contributed by atoms with van der Waals surface area (Å²) in [6.45, 7) is 26.6. The second-order valence-corrected chi connectivity index (χ2v) is 17.9. The summed E-state index contributed by atoms with van der Waals surface area (Å²) in [7, 11) is 0. The van der Waals surface area contributed by atoms with Crippen LogP contribution in [0.5, 0.6) is 0 Å². The van der Waals surface area contributed by atoms with Crippen LogP contribution in [0.3, 0.4) is 0 Å². The van der Waals surface area contributed by atoms with Crippen molar-refractivity contribution in [1.82, 2.24) is 4.90 Å². The first-order chi connectivity index (χ1) is 21.2. The number of carbonyl (C=O) groups excluding carboxylic acids is 2. The first-order valence-corrected chi connectivity index (χ1v) is 18.2. The van der Waals surface area contributed by atoms with Gasteiger partial charge in [0.05, 0.1) is 17.3 Å². The number of rotatable bonds is 9. The third kappa shape index (κ3) is 11.3. The third-order valence-corrected chi connectivity index (χ3v) is 10.8. The fourth-order valence-corrected chi connectivity index (χ4v) is 8.35. The summed E-state index contributed by atoms with van der Waals surface area (Å²) in [5.41, 5.74) is 4.39. The van der Waals surface area contributed by atoms with Gasteiger partial charge < -0.3 is 9.84 Å². The minimum atomic E-state index is -0.532. The van der Waals surface area contributed by atoms with Gasteiger partial charge in [0.1, 0.15) is 0 Å². The monoisotopic (exact) mass is 638 g/mol. The summed E-state index contributed by atoms with van der Waals surface area (Å²) in [4.78, 5) is 23.5. The molecule has 4 rings (SSSR count). The van der Waals surface area contributed by atoms with E-state index in [1.807, 2.05) is 13.8 Å². The molecule has 0 aromatic rings. The van der Waals surface area contributed by atoms with E-state index in [0.29, 0.717) is 18.1 Å². The van der Waals surface area contributed by atoms with Crippen molar-refractivity contribution < 1.29 is 19.4 Å². The molecule has 260 valence electrons. The standard InChI is InChI=1S/C31H52O2.C10H15NO2/c1-22-13-16-26(33-29(3,4)5)21-25(22)15-14-24-12-10-20-31(8)27(17-18-28(24)31)23(2)11-9-19-30(6,7)32;1-10(2,3)6-7-11-8(12)4-5-9(11)13/h14-15,23,26-28,32H,1,9-13,16-21H2,2-8H3;4-5H,6-7H2,1-3H3/b24-14+,25-15-;/t23-,26+,27-,28+,31-;/m1./s1. The molecule has 3 fully saturated rings. The van der Waals surface area contributed by atoms with E-state index in [-0.39, 0.29) is 22.8 Å². The molecule has 5 nitrogen and oxygen atoms in total. The highest BCUT2D eigenvalue weighted by atomic mass is 16.5. The van der Waals surface area contributed by atoms with Gasteiger partial charge in [0.2, 0.25) is 0 Å². The number of aliphatic hydroxyl groups is 1. The van der Waals surface area contributed by atoms with Crippen molar-refractivity contribution in [2.45, 2.75) is 164 Å². The molecule has 0 radical (unpaired) electrons. The number of carbonyl (C=O) groups is 2. The highest BCUT2D eigenvalue weighted by molar-refractivity contribution is 6.12. The maximum absolute atomic E-state index is 11.1. The zero-order valence-corrected chi connectivity index (χ0v) is 31.1. The zero-order valence-electron chi connectivity index (χ0n) is 31.1. The predicted octanol–water partition coefficient (Wildman–Crippen LogP) is 9.90. The molecule has 2 amide bonds. The molecule has 1 aliphatic heterocycles. The van der Waals surface area contributed by atoms with Gasteiger partial charge in [-0.1, -0.05) is 77.3 Å². The SMILES string of the molecule is C=C1CC[C@H](OC(C)(C)C)C/C1=C/C=C1\CCC[C@]2(C)[C@@H]([C@H](C)CCCC(C)(C)O)CC[C@@H]12.CC(C)(C)CCN1C(=O)C=CC1=O. The van der Waals surface area contributed by atoms with Crippen LogP contribution in [0.4, 0.5) is 0 Å². The van der Waals surface area contributed by atoms with Crippen molar-refractivity contribution in [3.63, 3.8) is 0 Å². The molecule has 5 atom stereocenters. The van der Waals surface area contributed by atoms with Crippen LogP contribution in [0.2, 0.25) is 0 Å². The Morgan fingerprint density at radius 2 is 1.65 bits per heavy atom. The van der Waals surface area contributed by atoms with Crippen LogP contribution >= 0.6 is 0 Å². The molecule has 1 heterocycles. The van der Waals surface area contributed by atoms with Crippen LogP contribution < -0.4 is 0 Å². The second kappa shape index (κ2) is 15.5. The zero-order chi connectivity index (χ0) is 34.5. The fourth-order valence-electron chi connectivity index (χ4n) is 8.35. The first kappa shape index (κ1) is 38.5. The Hall–Kier alpha value is -1.98. The average Bonchev–Trinajstić information content (AvgIpc) is 3.44. The molecule has 0 aromatic carbocycles. The van der Waals surface area contributed by atoms with E-state index in [1.54, 1.807) is 5.57 Å². The Labute approximate surface area is 282 Å². The van der Waals surface area contributed by atoms with E-state index in [2.05, 4.69) is 74.1 Å². The topological polar surface area (TPSA) is 66.8 Å². The summed E-state index contributed by atoms with van der Waals surface area (Å²) in [5, 5.41) is 10.1.